The van der Waals surface area contributed by atoms with Gasteiger partial charge in [0.25, 0.3) is 0 Å². The summed E-state index contributed by atoms with van der Waals surface area (Å²) in [5.74, 6) is 0.944. The number of hydrogen-bond acceptors (Lipinski definition) is 2. The standard InChI is InChI=1S/C16H19NO/c1-2-4-10-14(9-3-1)18-15-11-5-7-13-8-6-12-17-16(13)15/h5-8,11-12,14H,1-4,9-10H2. The van der Waals surface area contributed by atoms with E-state index in [2.05, 4.69) is 23.2 Å². The second-order valence-corrected chi connectivity index (χ2v) is 5.06. The number of hydrogen-bond donors (Lipinski definition) is 0. The van der Waals surface area contributed by atoms with Crippen LogP contribution in [0.4, 0.5) is 0 Å². The van der Waals surface area contributed by atoms with E-state index in [0.29, 0.717) is 6.10 Å². The maximum Gasteiger partial charge on any atom is 0.145 e. The maximum atomic E-state index is 6.19. The number of pyridine rings is 1. The molecule has 3 rings (SSSR count). The Bertz CT molecular complexity index is 510. The van der Waals surface area contributed by atoms with Crippen LogP contribution in [0.25, 0.3) is 10.9 Å². The smallest absolute Gasteiger partial charge is 0.145 e. The van der Waals surface area contributed by atoms with Gasteiger partial charge in [-0.15, -0.1) is 0 Å². The van der Waals surface area contributed by atoms with Crippen LogP contribution in [0, 0.1) is 0 Å². The zero-order valence-corrected chi connectivity index (χ0v) is 10.6. The second kappa shape index (κ2) is 5.38. The lowest BCUT2D eigenvalue weighted by molar-refractivity contribution is 0.186. The number of ether oxygens (including phenoxy) is 1. The molecule has 1 saturated carbocycles. The topological polar surface area (TPSA) is 22.1 Å². The number of benzene rings is 1. The third-order valence-electron chi connectivity index (χ3n) is 3.69. The fraction of sp³-hybridized carbons (Fsp3) is 0.438. The maximum absolute atomic E-state index is 6.19. The molecule has 2 heteroatoms. The molecule has 1 aliphatic carbocycles. The van der Waals surface area contributed by atoms with Crippen LogP contribution in [0.5, 0.6) is 5.75 Å². The number of fused-ring (bicyclic) bond motifs is 1. The van der Waals surface area contributed by atoms with Crippen molar-refractivity contribution in [1.29, 1.82) is 0 Å². The van der Waals surface area contributed by atoms with Crippen LogP contribution < -0.4 is 4.74 Å². The first-order valence-corrected chi connectivity index (χ1v) is 6.94. The van der Waals surface area contributed by atoms with E-state index in [9.17, 15) is 0 Å². The van der Waals surface area contributed by atoms with E-state index in [-0.39, 0.29) is 0 Å². The van der Waals surface area contributed by atoms with Gasteiger partial charge in [-0.1, -0.05) is 31.0 Å². The Hall–Kier alpha value is -1.57. The molecule has 2 aromatic rings. The highest BCUT2D eigenvalue weighted by Crippen LogP contribution is 2.27. The van der Waals surface area contributed by atoms with Crippen molar-refractivity contribution in [2.45, 2.75) is 44.6 Å². The predicted molar refractivity (Wildman–Crippen MR) is 73.9 cm³/mol. The minimum Gasteiger partial charge on any atom is -0.488 e. The molecule has 18 heavy (non-hydrogen) atoms. The summed E-state index contributed by atoms with van der Waals surface area (Å²) in [4.78, 5) is 4.45. The van der Waals surface area contributed by atoms with Crippen molar-refractivity contribution in [3.05, 3.63) is 36.5 Å². The number of aromatic nitrogens is 1. The van der Waals surface area contributed by atoms with Gasteiger partial charge in [0.15, 0.2) is 0 Å². The van der Waals surface area contributed by atoms with Gasteiger partial charge < -0.3 is 4.74 Å². The first-order valence-electron chi connectivity index (χ1n) is 6.94. The van der Waals surface area contributed by atoms with Crippen molar-refractivity contribution in [3.63, 3.8) is 0 Å². The summed E-state index contributed by atoms with van der Waals surface area (Å²) in [6, 6.07) is 10.2. The SMILES string of the molecule is c1cnc2c(OC3CCCCCC3)cccc2c1. The molecule has 0 unspecified atom stereocenters. The van der Waals surface area contributed by atoms with Crippen LogP contribution in [0.15, 0.2) is 36.5 Å². The van der Waals surface area contributed by atoms with Crippen molar-refractivity contribution < 1.29 is 4.74 Å². The summed E-state index contributed by atoms with van der Waals surface area (Å²) in [6.07, 6.45) is 9.88. The molecule has 0 amide bonds. The summed E-state index contributed by atoms with van der Waals surface area (Å²) in [5.41, 5.74) is 0.990. The highest BCUT2D eigenvalue weighted by Gasteiger charge is 2.15. The molecular formula is C16H19NO. The largest absolute Gasteiger partial charge is 0.488 e. The summed E-state index contributed by atoms with van der Waals surface area (Å²) in [5, 5.41) is 1.16. The van der Waals surface area contributed by atoms with Crippen molar-refractivity contribution >= 4 is 10.9 Å². The van der Waals surface area contributed by atoms with Gasteiger partial charge in [-0.2, -0.15) is 0 Å². The summed E-state index contributed by atoms with van der Waals surface area (Å²) in [7, 11) is 0. The minimum atomic E-state index is 0.375. The Morgan fingerprint density at radius 3 is 2.56 bits per heavy atom. The normalized spacial score (nSPS) is 17.6. The van der Waals surface area contributed by atoms with Gasteiger partial charge in [0.05, 0.1) is 6.10 Å². The molecule has 0 bridgehead atoms. The predicted octanol–water partition coefficient (Wildman–Crippen LogP) is 4.34. The fourth-order valence-corrected chi connectivity index (χ4v) is 2.71. The Kier molecular flexibility index (Phi) is 3.44. The first-order chi connectivity index (χ1) is 8.93. The lowest BCUT2D eigenvalue weighted by Gasteiger charge is -2.17. The fourth-order valence-electron chi connectivity index (χ4n) is 2.71. The summed E-state index contributed by atoms with van der Waals surface area (Å²) in [6.45, 7) is 0. The molecule has 1 aromatic heterocycles. The van der Waals surface area contributed by atoms with Crippen molar-refractivity contribution in [3.8, 4) is 5.75 Å². The molecule has 0 N–H and O–H groups in total. The molecule has 1 fully saturated rings. The van der Waals surface area contributed by atoms with Crippen molar-refractivity contribution in [1.82, 2.24) is 4.98 Å². The van der Waals surface area contributed by atoms with E-state index >= 15 is 0 Å². The molecular weight excluding hydrogens is 222 g/mol. The number of rotatable bonds is 2. The van der Waals surface area contributed by atoms with Crippen LogP contribution in [0.2, 0.25) is 0 Å². The molecule has 1 heterocycles. The van der Waals surface area contributed by atoms with Gasteiger partial charge in [-0.25, -0.2) is 0 Å². The molecule has 0 saturated heterocycles. The zero-order chi connectivity index (χ0) is 12.2. The van der Waals surface area contributed by atoms with E-state index in [1.165, 1.54) is 38.5 Å². The molecule has 0 atom stereocenters. The lowest BCUT2D eigenvalue weighted by atomic mass is 10.1. The molecule has 0 spiro atoms. The Labute approximate surface area is 108 Å². The van der Waals surface area contributed by atoms with Crippen molar-refractivity contribution in [2.24, 2.45) is 0 Å². The van der Waals surface area contributed by atoms with E-state index in [4.69, 9.17) is 4.74 Å². The van der Waals surface area contributed by atoms with Crippen LogP contribution >= 0.6 is 0 Å². The van der Waals surface area contributed by atoms with Crippen LogP contribution in [-0.2, 0) is 0 Å². The van der Waals surface area contributed by atoms with Gasteiger partial charge in [0.2, 0.25) is 0 Å². The van der Waals surface area contributed by atoms with E-state index < -0.39 is 0 Å². The highest BCUT2D eigenvalue weighted by molar-refractivity contribution is 5.84. The lowest BCUT2D eigenvalue weighted by Crippen LogP contribution is -2.15. The van der Waals surface area contributed by atoms with E-state index in [1.807, 2.05) is 18.3 Å². The summed E-state index contributed by atoms with van der Waals surface area (Å²) >= 11 is 0. The molecule has 0 radical (unpaired) electrons. The Morgan fingerprint density at radius 1 is 0.944 bits per heavy atom. The average molecular weight is 241 g/mol. The second-order valence-electron chi connectivity index (χ2n) is 5.06. The minimum absolute atomic E-state index is 0.375. The monoisotopic (exact) mass is 241 g/mol. The van der Waals surface area contributed by atoms with Crippen LogP contribution in [-0.4, -0.2) is 11.1 Å². The third kappa shape index (κ3) is 2.47. The zero-order valence-electron chi connectivity index (χ0n) is 10.6. The summed E-state index contributed by atoms with van der Waals surface area (Å²) < 4.78 is 6.19. The Morgan fingerprint density at radius 2 is 1.72 bits per heavy atom. The van der Waals surface area contributed by atoms with Gasteiger partial charge in [0.1, 0.15) is 11.3 Å². The molecule has 2 nitrogen and oxygen atoms in total. The number of para-hydroxylation sites is 1. The highest BCUT2D eigenvalue weighted by atomic mass is 16.5. The molecule has 94 valence electrons. The first kappa shape index (κ1) is 11.5. The van der Waals surface area contributed by atoms with E-state index in [1.54, 1.807) is 0 Å². The van der Waals surface area contributed by atoms with Crippen LogP contribution in [0.1, 0.15) is 38.5 Å². The van der Waals surface area contributed by atoms with Gasteiger partial charge in [0, 0.05) is 11.6 Å². The third-order valence-corrected chi connectivity index (χ3v) is 3.69. The van der Waals surface area contributed by atoms with Gasteiger partial charge in [-0.05, 0) is 37.8 Å². The number of nitrogens with zero attached hydrogens (tertiary/aromatic N) is 1. The molecule has 1 aromatic carbocycles. The van der Waals surface area contributed by atoms with E-state index in [0.717, 1.165) is 16.7 Å². The van der Waals surface area contributed by atoms with Gasteiger partial charge in [-0.3, -0.25) is 4.98 Å². The van der Waals surface area contributed by atoms with Gasteiger partial charge >= 0.3 is 0 Å². The average Bonchev–Trinajstić information content (AvgIpc) is 2.68. The van der Waals surface area contributed by atoms with Crippen LogP contribution in [0.3, 0.4) is 0 Å². The molecule has 1 aliphatic rings. The quantitative estimate of drug-likeness (QED) is 0.730. The Balaban J connectivity index is 1.85. The van der Waals surface area contributed by atoms with Crippen molar-refractivity contribution in [2.75, 3.05) is 0 Å². The molecule has 0 aliphatic heterocycles.